The number of ether oxygens (including phenoxy) is 3. The highest BCUT2D eigenvalue weighted by molar-refractivity contribution is 6.31. The third kappa shape index (κ3) is 9.40. The second-order valence-electron chi connectivity index (χ2n) is 17.0. The maximum absolute atomic E-state index is 13.3. The predicted octanol–water partition coefficient (Wildman–Crippen LogP) is 4.69. The first kappa shape index (κ1) is 43.0. The number of imide groups is 2. The lowest BCUT2D eigenvalue weighted by Gasteiger charge is -2.47. The fourth-order valence-electron chi connectivity index (χ4n) is 9.33. The van der Waals surface area contributed by atoms with Crippen LogP contribution in [0, 0.1) is 17.2 Å². The first-order valence-electron chi connectivity index (χ1n) is 21.5. The molecule has 16 nitrogen and oxygen atoms in total. The molecule has 3 aromatic rings. The molecule has 8 rings (SSSR count). The fraction of sp³-hybridized carbons (Fsp3) is 0.511. The van der Waals surface area contributed by atoms with Crippen molar-refractivity contribution in [1.82, 2.24) is 30.4 Å². The van der Waals surface area contributed by atoms with E-state index in [1.54, 1.807) is 55.9 Å². The monoisotopic (exact) mass is 866 g/mol. The number of nitrogens with one attached hydrogen (secondary N) is 2. The van der Waals surface area contributed by atoms with Gasteiger partial charge in [0.2, 0.25) is 11.8 Å². The molecule has 1 aromatic heterocycles. The predicted molar refractivity (Wildman–Crippen MR) is 226 cm³/mol. The van der Waals surface area contributed by atoms with Gasteiger partial charge in [-0.1, -0.05) is 11.6 Å². The van der Waals surface area contributed by atoms with Crippen molar-refractivity contribution in [3.05, 3.63) is 76.2 Å². The molecule has 3 aliphatic heterocycles. The van der Waals surface area contributed by atoms with E-state index >= 15 is 0 Å². The number of fused-ring (bicyclic) bond motifs is 1. The van der Waals surface area contributed by atoms with Gasteiger partial charge < -0.3 is 24.4 Å². The lowest BCUT2D eigenvalue weighted by molar-refractivity contribution is -0.136. The number of amides is 5. The molecule has 4 heterocycles. The maximum Gasteiger partial charge on any atom is 0.271 e. The lowest BCUT2D eigenvalue weighted by atomic mass is 9.85. The van der Waals surface area contributed by atoms with E-state index in [9.17, 15) is 24.0 Å². The normalized spacial score (nSPS) is 24.5. The van der Waals surface area contributed by atoms with E-state index in [0.717, 1.165) is 81.7 Å². The van der Waals surface area contributed by atoms with Crippen LogP contribution in [0.3, 0.4) is 0 Å². The van der Waals surface area contributed by atoms with Gasteiger partial charge in [-0.05, 0) is 88.1 Å². The van der Waals surface area contributed by atoms with Crippen molar-refractivity contribution in [2.45, 2.75) is 108 Å². The van der Waals surface area contributed by atoms with E-state index in [-0.39, 0.29) is 59.9 Å². The quantitative estimate of drug-likeness (QED) is 0.212. The SMILES string of the molecule is COCC(C)N(CC1CCN(c2cnc(C(=O)NC3CCC(Oc4ccc(C#N)c(Cl)c4)CC3)cn2)CC1)C1CC(Oc2ccc3c(c2)C(=O)N(C2CCC(=O)NC2=O)C3=O)C1. The number of nitriles is 1. The highest BCUT2D eigenvalue weighted by atomic mass is 35.5. The average Bonchev–Trinajstić information content (AvgIpc) is 3.50. The summed E-state index contributed by atoms with van der Waals surface area (Å²) in [7, 11) is 1.72. The molecule has 2 unspecified atom stereocenters. The van der Waals surface area contributed by atoms with Gasteiger partial charge in [-0.3, -0.25) is 39.1 Å². The van der Waals surface area contributed by atoms with Crippen molar-refractivity contribution in [3.63, 3.8) is 0 Å². The Morgan fingerprint density at radius 1 is 0.935 bits per heavy atom. The number of anilines is 1. The minimum Gasteiger partial charge on any atom is -0.490 e. The van der Waals surface area contributed by atoms with Crippen molar-refractivity contribution >= 4 is 47.0 Å². The number of halogens is 1. The van der Waals surface area contributed by atoms with Crippen LogP contribution in [0.15, 0.2) is 48.8 Å². The standard InChI is InChI=1S/C45H51ClN8O8/c1-26(25-60-2)53(30-17-34(18-30)62-32-9-10-35-36(19-32)45(59)54(44(35)58)39-11-12-41(55)51-43(39)57)24-27-13-15-52(16-14-27)40-23-48-38(22-49-40)42(56)50-29-4-7-31(8-5-29)61-33-6-3-28(21-47)37(46)20-33/h3,6,9-10,19-20,22-23,26-27,29-31,34,39H,4-5,7-8,11-18,24-25H2,1-2H3,(H,50,56)(H,51,55,57). The highest BCUT2D eigenvalue weighted by Crippen LogP contribution is 2.36. The van der Waals surface area contributed by atoms with E-state index in [0.29, 0.717) is 40.7 Å². The number of carbonyl (C=O) groups excluding carboxylic acids is 5. The van der Waals surface area contributed by atoms with Gasteiger partial charge in [0.1, 0.15) is 41.2 Å². The van der Waals surface area contributed by atoms with Crippen molar-refractivity contribution in [2.24, 2.45) is 5.92 Å². The van der Waals surface area contributed by atoms with Gasteiger partial charge in [0.25, 0.3) is 17.7 Å². The zero-order valence-electron chi connectivity index (χ0n) is 34.9. The Hall–Kier alpha value is -5.63. The number of piperidine rings is 2. The smallest absolute Gasteiger partial charge is 0.271 e. The number of methoxy groups -OCH3 is 1. The molecule has 326 valence electrons. The van der Waals surface area contributed by atoms with E-state index in [2.05, 4.69) is 43.4 Å². The largest absolute Gasteiger partial charge is 0.490 e. The Bertz CT molecular complexity index is 2230. The molecule has 2 aliphatic carbocycles. The summed E-state index contributed by atoms with van der Waals surface area (Å²) in [5.74, 6) is -0.0302. The number of rotatable bonds is 14. The van der Waals surface area contributed by atoms with Crippen LogP contribution in [0.2, 0.25) is 5.02 Å². The summed E-state index contributed by atoms with van der Waals surface area (Å²) < 4.78 is 18.0. The first-order valence-corrected chi connectivity index (χ1v) is 21.9. The molecule has 2 aromatic carbocycles. The summed E-state index contributed by atoms with van der Waals surface area (Å²) in [6.45, 7) is 5.37. The van der Waals surface area contributed by atoms with Crippen LogP contribution in [-0.2, 0) is 14.3 Å². The Morgan fingerprint density at radius 3 is 2.32 bits per heavy atom. The summed E-state index contributed by atoms with van der Waals surface area (Å²) in [6.07, 6.45) is 10.0. The number of hydrogen-bond acceptors (Lipinski definition) is 13. The zero-order valence-corrected chi connectivity index (χ0v) is 35.6. The van der Waals surface area contributed by atoms with E-state index in [1.165, 1.54) is 0 Å². The van der Waals surface area contributed by atoms with Crippen LogP contribution < -0.4 is 25.0 Å². The van der Waals surface area contributed by atoms with Crippen molar-refractivity contribution in [2.75, 3.05) is 38.3 Å². The third-order valence-electron chi connectivity index (χ3n) is 12.9. The molecule has 2 N–H and O–H groups in total. The molecule has 0 bridgehead atoms. The molecule has 62 heavy (non-hydrogen) atoms. The third-order valence-corrected chi connectivity index (χ3v) is 13.2. The molecule has 2 saturated carbocycles. The maximum atomic E-state index is 13.3. The van der Waals surface area contributed by atoms with E-state index < -0.39 is 29.7 Å². The van der Waals surface area contributed by atoms with Gasteiger partial charge in [0.15, 0.2) is 0 Å². The molecule has 2 atom stereocenters. The van der Waals surface area contributed by atoms with Gasteiger partial charge in [-0.15, -0.1) is 0 Å². The summed E-state index contributed by atoms with van der Waals surface area (Å²) in [5.41, 5.74) is 1.12. The Labute approximate surface area is 365 Å². The summed E-state index contributed by atoms with van der Waals surface area (Å²) in [4.78, 5) is 78.5. The second kappa shape index (κ2) is 18.8. The van der Waals surface area contributed by atoms with Gasteiger partial charge in [0, 0.05) is 70.2 Å². The average molecular weight is 867 g/mol. The molecule has 2 saturated heterocycles. The van der Waals surface area contributed by atoms with Crippen LogP contribution in [0.5, 0.6) is 11.5 Å². The zero-order chi connectivity index (χ0) is 43.5. The van der Waals surface area contributed by atoms with Gasteiger partial charge in [-0.2, -0.15) is 5.26 Å². The van der Waals surface area contributed by atoms with Gasteiger partial charge in [0.05, 0.1) is 46.8 Å². The first-order chi connectivity index (χ1) is 30.0. The number of aromatic nitrogens is 2. The van der Waals surface area contributed by atoms with Crippen LogP contribution in [0.4, 0.5) is 5.82 Å². The van der Waals surface area contributed by atoms with E-state index in [4.69, 9.17) is 31.1 Å². The fourth-order valence-corrected chi connectivity index (χ4v) is 9.54. The van der Waals surface area contributed by atoms with Crippen molar-refractivity contribution in [3.8, 4) is 17.6 Å². The molecular weight excluding hydrogens is 816 g/mol. The number of carbonyl (C=O) groups is 5. The number of hydrogen-bond donors (Lipinski definition) is 2. The minimum absolute atomic E-state index is 0.00906. The van der Waals surface area contributed by atoms with Gasteiger partial charge >= 0.3 is 0 Å². The molecular formula is C45H51ClN8O8. The summed E-state index contributed by atoms with van der Waals surface area (Å²) >= 11 is 6.16. The van der Waals surface area contributed by atoms with Crippen molar-refractivity contribution in [1.29, 1.82) is 5.26 Å². The Morgan fingerprint density at radius 2 is 1.65 bits per heavy atom. The molecule has 5 aliphatic rings. The van der Waals surface area contributed by atoms with Gasteiger partial charge in [-0.25, -0.2) is 9.97 Å². The molecule has 4 fully saturated rings. The molecule has 0 radical (unpaired) electrons. The highest BCUT2D eigenvalue weighted by Gasteiger charge is 2.45. The van der Waals surface area contributed by atoms with Crippen LogP contribution in [-0.4, -0.2) is 119 Å². The van der Waals surface area contributed by atoms with Crippen LogP contribution in [0.25, 0.3) is 0 Å². The molecule has 5 amide bonds. The Kier molecular flexibility index (Phi) is 13.0. The summed E-state index contributed by atoms with van der Waals surface area (Å²) in [5, 5.41) is 14.8. The number of benzene rings is 2. The van der Waals surface area contributed by atoms with Crippen LogP contribution >= 0.6 is 11.6 Å². The number of nitrogens with zero attached hydrogens (tertiary/aromatic N) is 6. The second-order valence-corrected chi connectivity index (χ2v) is 17.4. The van der Waals surface area contributed by atoms with E-state index in [1.807, 2.05) is 0 Å². The summed E-state index contributed by atoms with van der Waals surface area (Å²) in [6, 6.07) is 11.5. The molecule has 17 heteroatoms. The Balaban J connectivity index is 0.781. The molecule has 0 spiro atoms. The minimum atomic E-state index is -1.01. The topological polar surface area (TPSA) is 196 Å². The van der Waals surface area contributed by atoms with Crippen LogP contribution in [0.1, 0.15) is 108 Å². The lowest BCUT2D eigenvalue weighted by Crippen LogP contribution is -2.55. The van der Waals surface area contributed by atoms with Crippen molar-refractivity contribution < 1.29 is 38.2 Å².